The molecule has 0 aromatic heterocycles. The first kappa shape index (κ1) is 29.4. The van der Waals surface area contributed by atoms with Crippen LogP contribution in [0.2, 0.25) is 0 Å². The van der Waals surface area contributed by atoms with Gasteiger partial charge in [-0.05, 0) is 0 Å². The Morgan fingerprint density at radius 3 is 0.773 bits per heavy atom. The SMILES string of the molecule is O=C([O-])C(O)CO.O=C([O-])C(O)CO.O=C([O-])C(O)CO.[La+3]. The van der Waals surface area contributed by atoms with Crippen LogP contribution in [0.25, 0.3) is 0 Å². The molecule has 0 bridgehead atoms. The summed E-state index contributed by atoms with van der Waals surface area (Å²) in [5.74, 6) is -4.95. The summed E-state index contributed by atoms with van der Waals surface area (Å²) in [6, 6.07) is 0. The van der Waals surface area contributed by atoms with Crippen LogP contribution in [0.4, 0.5) is 0 Å². The van der Waals surface area contributed by atoms with Gasteiger partial charge in [0.15, 0.2) is 0 Å². The normalized spacial score (nSPS) is 12.8. The molecule has 0 spiro atoms. The van der Waals surface area contributed by atoms with Crippen LogP contribution in [0.15, 0.2) is 0 Å². The number of carboxylic acids is 3. The molecule has 3 atom stereocenters. The van der Waals surface area contributed by atoms with E-state index in [-0.39, 0.29) is 35.6 Å². The van der Waals surface area contributed by atoms with Gasteiger partial charge in [0.25, 0.3) is 0 Å². The molecule has 0 aliphatic carbocycles. The fourth-order valence-electron chi connectivity index (χ4n) is 0.224. The van der Waals surface area contributed by atoms with Crippen LogP contribution in [-0.4, -0.2) is 86.7 Å². The summed E-state index contributed by atoms with van der Waals surface area (Å²) in [7, 11) is 0. The first-order valence-corrected chi connectivity index (χ1v) is 5.04. The Morgan fingerprint density at radius 1 is 0.636 bits per heavy atom. The van der Waals surface area contributed by atoms with Gasteiger partial charge in [-0.2, -0.15) is 0 Å². The van der Waals surface area contributed by atoms with Crippen molar-refractivity contribution < 1.29 is 95.9 Å². The van der Waals surface area contributed by atoms with Gasteiger partial charge in [0.05, 0.1) is 37.7 Å². The van der Waals surface area contributed by atoms with Crippen molar-refractivity contribution in [1.29, 1.82) is 0 Å². The summed E-state index contributed by atoms with van der Waals surface area (Å²) in [5.41, 5.74) is 0. The number of carbonyl (C=O) groups is 3. The Hall–Kier alpha value is -0.635. The summed E-state index contributed by atoms with van der Waals surface area (Å²) in [4.78, 5) is 28.2. The molecule has 6 N–H and O–H groups in total. The second-order valence-corrected chi connectivity index (χ2v) is 3.05. The fraction of sp³-hybridized carbons (Fsp3) is 0.667. The number of aliphatic hydroxyl groups is 6. The van der Waals surface area contributed by atoms with Crippen molar-refractivity contribution in [2.24, 2.45) is 0 Å². The third kappa shape index (κ3) is 21.7. The number of carboxylic acid groups (broad SMARTS) is 3. The van der Waals surface area contributed by atoms with E-state index in [9.17, 15) is 29.7 Å². The minimum Gasteiger partial charge on any atom is -0.547 e. The van der Waals surface area contributed by atoms with E-state index in [1.807, 2.05) is 0 Å². The molecule has 126 valence electrons. The molecule has 0 rings (SSSR count). The largest absolute Gasteiger partial charge is 3.00 e. The molecule has 0 amide bonds. The predicted octanol–water partition coefficient (Wildman–Crippen LogP) is -8.73. The van der Waals surface area contributed by atoms with Crippen LogP contribution in [0.3, 0.4) is 0 Å². The molecule has 12 nitrogen and oxygen atoms in total. The molecule has 22 heavy (non-hydrogen) atoms. The number of hydrogen-bond donors (Lipinski definition) is 6. The number of aliphatic carboxylic acids is 3. The Morgan fingerprint density at radius 2 is 0.773 bits per heavy atom. The van der Waals surface area contributed by atoms with Gasteiger partial charge in [0.1, 0.15) is 18.3 Å². The standard InChI is InChI=1S/3C3H6O4.La/c3*4-1-2(5)3(6)7;/h3*2,4-5H,1H2,(H,6,7);/q;;;+3/p-3. The molecule has 0 aromatic carbocycles. The molecule has 0 saturated carbocycles. The Labute approximate surface area is 151 Å². The maximum Gasteiger partial charge on any atom is 3.00 e. The van der Waals surface area contributed by atoms with Crippen molar-refractivity contribution in [2.75, 3.05) is 19.8 Å². The van der Waals surface area contributed by atoms with Crippen LogP contribution >= 0.6 is 0 Å². The number of aliphatic hydroxyl groups excluding tert-OH is 6. The van der Waals surface area contributed by atoms with E-state index in [0.717, 1.165) is 0 Å². The van der Waals surface area contributed by atoms with Gasteiger partial charge in [-0.3, -0.25) is 0 Å². The topological polar surface area (TPSA) is 242 Å². The quantitative estimate of drug-likeness (QED) is 0.219. The van der Waals surface area contributed by atoms with Crippen molar-refractivity contribution >= 4 is 17.9 Å². The second kappa shape index (κ2) is 18.4. The van der Waals surface area contributed by atoms with Gasteiger partial charge in [-0.1, -0.05) is 0 Å². The molecule has 13 heteroatoms. The summed E-state index contributed by atoms with van der Waals surface area (Å²) >= 11 is 0. The van der Waals surface area contributed by atoms with E-state index >= 15 is 0 Å². The molecule has 3 unspecified atom stereocenters. The fourth-order valence-corrected chi connectivity index (χ4v) is 0.224. The van der Waals surface area contributed by atoms with E-state index in [1.165, 1.54) is 0 Å². The van der Waals surface area contributed by atoms with E-state index < -0.39 is 56.0 Å². The molecule has 0 aromatic rings. The minimum absolute atomic E-state index is 0. The Balaban J connectivity index is -0.000000108. The van der Waals surface area contributed by atoms with Crippen LogP contribution in [0.1, 0.15) is 0 Å². The molecule has 0 saturated heterocycles. The monoisotopic (exact) mass is 454 g/mol. The predicted molar refractivity (Wildman–Crippen MR) is 54.3 cm³/mol. The van der Waals surface area contributed by atoms with Crippen LogP contribution in [0, 0.1) is 35.6 Å². The van der Waals surface area contributed by atoms with Gasteiger partial charge in [-0.15, -0.1) is 0 Å². The van der Waals surface area contributed by atoms with Gasteiger partial charge >= 0.3 is 35.6 Å². The number of rotatable bonds is 6. The van der Waals surface area contributed by atoms with Gasteiger partial charge < -0.3 is 60.3 Å². The van der Waals surface area contributed by atoms with E-state index in [0.29, 0.717) is 0 Å². The zero-order chi connectivity index (χ0) is 17.6. The van der Waals surface area contributed by atoms with Crippen LogP contribution in [-0.2, 0) is 14.4 Å². The zero-order valence-electron chi connectivity index (χ0n) is 11.1. The third-order valence-electron chi connectivity index (χ3n) is 1.34. The number of carbonyl (C=O) groups excluding carboxylic acids is 3. The number of hydrogen-bond acceptors (Lipinski definition) is 12. The zero-order valence-corrected chi connectivity index (χ0v) is 14.7. The molecule has 0 aliphatic heterocycles. The van der Waals surface area contributed by atoms with Crippen molar-refractivity contribution in [1.82, 2.24) is 0 Å². The van der Waals surface area contributed by atoms with Crippen molar-refractivity contribution in [2.45, 2.75) is 18.3 Å². The maximum atomic E-state index is 9.41. The van der Waals surface area contributed by atoms with Crippen molar-refractivity contribution in [3.05, 3.63) is 0 Å². The van der Waals surface area contributed by atoms with Crippen molar-refractivity contribution in [3.63, 3.8) is 0 Å². The molecular weight excluding hydrogens is 439 g/mol. The average molecular weight is 454 g/mol. The van der Waals surface area contributed by atoms with E-state index in [1.54, 1.807) is 0 Å². The second-order valence-electron chi connectivity index (χ2n) is 3.05. The van der Waals surface area contributed by atoms with Crippen LogP contribution < -0.4 is 15.3 Å². The van der Waals surface area contributed by atoms with E-state index in [4.69, 9.17) is 30.6 Å². The van der Waals surface area contributed by atoms with Crippen LogP contribution in [0.5, 0.6) is 0 Å². The smallest absolute Gasteiger partial charge is 0.547 e. The Bertz CT molecular complexity index is 261. The average Bonchev–Trinajstić information content (AvgIpc) is 2.45. The van der Waals surface area contributed by atoms with Gasteiger partial charge in [-0.25, -0.2) is 0 Å². The minimum atomic E-state index is -1.74. The summed E-state index contributed by atoms with van der Waals surface area (Å²) in [5, 5.41) is 75.8. The first-order chi connectivity index (χ1) is 9.54. The van der Waals surface area contributed by atoms with Gasteiger partial charge in [0, 0.05) is 0 Å². The molecule has 0 heterocycles. The molecule has 0 fully saturated rings. The third-order valence-corrected chi connectivity index (χ3v) is 1.34. The summed E-state index contributed by atoms with van der Waals surface area (Å²) in [6.45, 7) is -2.37. The van der Waals surface area contributed by atoms with E-state index in [2.05, 4.69) is 0 Å². The molecular formula is C9H15LaO12. The Kier molecular flexibility index (Phi) is 24.6. The first-order valence-electron chi connectivity index (χ1n) is 5.04. The van der Waals surface area contributed by atoms with Gasteiger partial charge in [0.2, 0.25) is 0 Å². The maximum absolute atomic E-state index is 9.41. The molecule has 0 aliphatic rings. The van der Waals surface area contributed by atoms with Crippen molar-refractivity contribution in [3.8, 4) is 0 Å². The molecule has 0 radical (unpaired) electrons. The summed E-state index contributed by atoms with van der Waals surface area (Å²) in [6.07, 6.45) is -5.21. The summed E-state index contributed by atoms with van der Waals surface area (Å²) < 4.78 is 0.